The second-order valence-corrected chi connectivity index (χ2v) is 7.28. The Labute approximate surface area is 160 Å². The summed E-state index contributed by atoms with van der Waals surface area (Å²) in [6, 6.07) is 0.527. The number of nitrogens with two attached hydrogens (primary N) is 1. The smallest absolute Gasteiger partial charge is 0.304 e. The van der Waals surface area contributed by atoms with Gasteiger partial charge in [-0.1, -0.05) is 13.3 Å². The molecule has 6 heteroatoms. The van der Waals surface area contributed by atoms with Crippen molar-refractivity contribution >= 4 is 17.0 Å². The van der Waals surface area contributed by atoms with Crippen LogP contribution in [0.4, 0.5) is 5.82 Å². The number of fused-ring (bicyclic) bond motifs is 1. The molecule has 0 aliphatic carbocycles. The highest BCUT2D eigenvalue weighted by Gasteiger charge is 2.20. The molecule has 0 unspecified atom stereocenters. The van der Waals surface area contributed by atoms with Crippen molar-refractivity contribution in [2.24, 2.45) is 0 Å². The summed E-state index contributed by atoms with van der Waals surface area (Å²) >= 11 is 0. The average Bonchev–Trinajstić information content (AvgIpc) is 2.97. The number of imidazole rings is 1. The van der Waals surface area contributed by atoms with Crippen LogP contribution in [0, 0.1) is 41.5 Å². The molecule has 2 N–H and O–H groups in total. The van der Waals surface area contributed by atoms with Crippen molar-refractivity contribution < 1.29 is 4.74 Å². The molecule has 27 heavy (non-hydrogen) atoms. The van der Waals surface area contributed by atoms with Gasteiger partial charge in [-0.2, -0.15) is 4.98 Å². The van der Waals surface area contributed by atoms with Gasteiger partial charge in [-0.05, 0) is 75.8 Å². The lowest BCUT2D eigenvalue weighted by atomic mass is 9.94. The lowest BCUT2D eigenvalue weighted by Gasteiger charge is -2.19. The zero-order valence-corrected chi connectivity index (χ0v) is 17.4. The molecule has 0 saturated carbocycles. The minimum atomic E-state index is 0.391. The number of hydrogen-bond donors (Lipinski definition) is 1. The molecule has 2 aromatic heterocycles. The number of benzene rings is 1. The first-order chi connectivity index (χ1) is 12.8. The third-order valence-corrected chi connectivity index (χ3v) is 5.56. The normalized spacial score (nSPS) is 11.4. The Balaban J connectivity index is 2.19. The van der Waals surface area contributed by atoms with Gasteiger partial charge in [0.25, 0.3) is 0 Å². The Morgan fingerprint density at radius 1 is 0.852 bits per heavy atom. The van der Waals surface area contributed by atoms with E-state index in [-0.39, 0.29) is 0 Å². The molecule has 0 bridgehead atoms. The zero-order valence-electron chi connectivity index (χ0n) is 17.4. The number of nitrogen functional groups attached to an aromatic ring is 1. The van der Waals surface area contributed by atoms with E-state index in [0.717, 1.165) is 41.9 Å². The van der Waals surface area contributed by atoms with Crippen LogP contribution < -0.4 is 10.5 Å². The first kappa shape index (κ1) is 19.1. The predicted molar refractivity (Wildman–Crippen MR) is 110 cm³/mol. The van der Waals surface area contributed by atoms with E-state index < -0.39 is 0 Å². The number of unbranched alkanes of at least 4 members (excludes halogenated alkanes) is 1. The predicted octanol–water partition coefficient (Wildman–Crippen LogP) is 4.85. The van der Waals surface area contributed by atoms with Crippen LogP contribution in [0.2, 0.25) is 0 Å². The van der Waals surface area contributed by atoms with Gasteiger partial charge in [0.15, 0.2) is 17.0 Å². The highest BCUT2D eigenvalue weighted by atomic mass is 16.5. The van der Waals surface area contributed by atoms with Crippen LogP contribution in [0.25, 0.3) is 11.2 Å². The van der Waals surface area contributed by atoms with E-state index in [2.05, 4.69) is 56.5 Å². The van der Waals surface area contributed by atoms with Crippen LogP contribution >= 0.6 is 0 Å². The van der Waals surface area contributed by atoms with Crippen molar-refractivity contribution in [3.8, 4) is 11.8 Å². The number of ether oxygens (including phenoxy) is 1. The molecule has 0 fully saturated rings. The van der Waals surface area contributed by atoms with E-state index >= 15 is 0 Å². The van der Waals surface area contributed by atoms with Crippen LogP contribution in [0.15, 0.2) is 0 Å². The Hall–Kier alpha value is -2.63. The topological polar surface area (TPSA) is 78.9 Å². The third-order valence-electron chi connectivity index (χ3n) is 5.56. The first-order valence-electron chi connectivity index (χ1n) is 9.51. The van der Waals surface area contributed by atoms with E-state index in [9.17, 15) is 0 Å². The summed E-state index contributed by atoms with van der Waals surface area (Å²) in [7, 11) is 0. The molecule has 0 radical (unpaired) electrons. The lowest BCUT2D eigenvalue weighted by molar-refractivity contribution is 0.404. The number of aromatic nitrogens is 4. The quantitative estimate of drug-likeness (QED) is 0.697. The van der Waals surface area contributed by atoms with Crippen molar-refractivity contribution in [1.82, 2.24) is 19.5 Å². The molecule has 2 heterocycles. The third kappa shape index (κ3) is 3.24. The van der Waals surface area contributed by atoms with Gasteiger partial charge in [0.1, 0.15) is 11.6 Å². The highest BCUT2D eigenvalue weighted by molar-refractivity contribution is 5.82. The highest BCUT2D eigenvalue weighted by Crippen LogP contribution is 2.36. The summed E-state index contributed by atoms with van der Waals surface area (Å²) in [6.45, 7) is 15.4. The Bertz CT molecular complexity index is 991. The van der Waals surface area contributed by atoms with Crippen molar-refractivity contribution in [2.45, 2.75) is 67.9 Å². The fraction of sp³-hybridized carbons (Fsp3) is 0.476. The molecule has 3 aromatic rings. The first-order valence-corrected chi connectivity index (χ1v) is 9.51. The summed E-state index contributed by atoms with van der Waals surface area (Å²) in [5.41, 5.74) is 13.5. The van der Waals surface area contributed by atoms with Gasteiger partial charge in [0.05, 0.1) is 0 Å². The van der Waals surface area contributed by atoms with Crippen molar-refractivity contribution in [1.29, 1.82) is 0 Å². The number of aryl methyl sites for hydroxylation is 2. The molecule has 0 atom stereocenters. The van der Waals surface area contributed by atoms with Gasteiger partial charge in [-0.3, -0.25) is 4.57 Å². The summed E-state index contributed by atoms with van der Waals surface area (Å²) in [5, 5.41) is 0. The van der Waals surface area contributed by atoms with Gasteiger partial charge >= 0.3 is 6.01 Å². The fourth-order valence-electron chi connectivity index (χ4n) is 3.42. The summed E-state index contributed by atoms with van der Waals surface area (Å²) in [5.74, 6) is 1.90. The van der Waals surface area contributed by atoms with E-state index in [4.69, 9.17) is 10.5 Å². The summed E-state index contributed by atoms with van der Waals surface area (Å²) in [6.07, 6.45) is 2.08. The van der Waals surface area contributed by atoms with Gasteiger partial charge < -0.3 is 10.5 Å². The molecular formula is C21H29N5O. The van der Waals surface area contributed by atoms with Crippen LogP contribution in [-0.2, 0) is 6.54 Å². The van der Waals surface area contributed by atoms with Crippen molar-refractivity contribution in [3.05, 3.63) is 33.6 Å². The largest absolute Gasteiger partial charge is 0.425 e. The van der Waals surface area contributed by atoms with Crippen molar-refractivity contribution in [2.75, 3.05) is 5.73 Å². The number of nitrogens with zero attached hydrogens (tertiary/aromatic N) is 4. The Kier molecular flexibility index (Phi) is 5.09. The molecule has 3 rings (SSSR count). The molecular weight excluding hydrogens is 338 g/mol. The molecule has 144 valence electrons. The van der Waals surface area contributed by atoms with Gasteiger partial charge in [0, 0.05) is 6.54 Å². The van der Waals surface area contributed by atoms with Crippen LogP contribution in [0.5, 0.6) is 11.8 Å². The fourth-order valence-corrected chi connectivity index (χ4v) is 3.42. The van der Waals surface area contributed by atoms with Gasteiger partial charge in [-0.15, -0.1) is 0 Å². The summed E-state index contributed by atoms with van der Waals surface area (Å²) < 4.78 is 8.41. The molecule has 0 saturated heterocycles. The number of hydrogen-bond acceptors (Lipinski definition) is 5. The second kappa shape index (κ2) is 7.18. The average molecular weight is 367 g/mol. The van der Waals surface area contributed by atoms with Crippen LogP contribution in [-0.4, -0.2) is 19.5 Å². The molecule has 0 amide bonds. The molecule has 0 spiro atoms. The molecule has 6 nitrogen and oxygen atoms in total. The molecule has 0 aliphatic rings. The van der Waals surface area contributed by atoms with Crippen molar-refractivity contribution in [3.63, 3.8) is 0 Å². The standard InChI is InChI=1S/C21H29N5O/c1-8-9-10-26-20-17(19(22)23-16(7)24-20)25-21(26)27-18-14(5)12(3)11(2)13(4)15(18)6/h8-10H2,1-7H3,(H2,22,23,24). The number of rotatable bonds is 5. The van der Waals surface area contributed by atoms with Gasteiger partial charge in [0.2, 0.25) is 0 Å². The Morgan fingerprint density at radius 2 is 1.44 bits per heavy atom. The SMILES string of the molecule is CCCCn1c(Oc2c(C)c(C)c(C)c(C)c2C)nc2c(N)nc(C)nc21. The molecule has 0 aliphatic heterocycles. The minimum Gasteiger partial charge on any atom is -0.425 e. The monoisotopic (exact) mass is 367 g/mol. The summed E-state index contributed by atoms with van der Waals surface area (Å²) in [4.78, 5) is 13.5. The maximum atomic E-state index is 6.39. The zero-order chi connectivity index (χ0) is 19.9. The van der Waals surface area contributed by atoms with E-state index in [1.807, 2.05) is 11.5 Å². The van der Waals surface area contributed by atoms with E-state index in [1.165, 1.54) is 16.7 Å². The minimum absolute atomic E-state index is 0.391. The van der Waals surface area contributed by atoms with E-state index in [1.54, 1.807) is 0 Å². The Morgan fingerprint density at radius 3 is 2.04 bits per heavy atom. The maximum absolute atomic E-state index is 6.39. The lowest BCUT2D eigenvalue weighted by Crippen LogP contribution is -2.06. The van der Waals surface area contributed by atoms with Gasteiger partial charge in [-0.25, -0.2) is 9.97 Å². The van der Waals surface area contributed by atoms with Crippen LogP contribution in [0.1, 0.15) is 53.4 Å². The van der Waals surface area contributed by atoms with Crippen LogP contribution in [0.3, 0.4) is 0 Å². The maximum Gasteiger partial charge on any atom is 0.304 e. The molecule has 1 aromatic carbocycles. The second-order valence-electron chi connectivity index (χ2n) is 7.28. The number of anilines is 1. The van der Waals surface area contributed by atoms with E-state index in [0.29, 0.717) is 23.2 Å².